The number of rotatable bonds is 4. The van der Waals surface area contributed by atoms with Crippen LogP contribution in [0.25, 0.3) is 0 Å². The van der Waals surface area contributed by atoms with Crippen molar-refractivity contribution in [1.29, 1.82) is 0 Å². The molecule has 0 heterocycles. The molecule has 0 spiro atoms. The molecule has 2 aromatic rings. The summed E-state index contributed by atoms with van der Waals surface area (Å²) in [4.78, 5) is 0. The van der Waals surface area contributed by atoms with E-state index in [2.05, 4.69) is 76.2 Å². The van der Waals surface area contributed by atoms with Gasteiger partial charge in [0.25, 0.3) is 0 Å². The van der Waals surface area contributed by atoms with Gasteiger partial charge in [0.1, 0.15) is 12.4 Å². The van der Waals surface area contributed by atoms with Gasteiger partial charge in [-0.25, -0.2) is 0 Å². The van der Waals surface area contributed by atoms with E-state index < -0.39 is 0 Å². The van der Waals surface area contributed by atoms with Crippen LogP contribution >= 0.6 is 0 Å². The third-order valence-electron chi connectivity index (χ3n) is 5.59. The number of hydrogen-bond acceptors (Lipinski definition) is 1. The van der Waals surface area contributed by atoms with E-state index in [9.17, 15) is 0 Å². The normalized spacial score (nSPS) is 21.1. The van der Waals surface area contributed by atoms with Crippen molar-refractivity contribution >= 4 is 0 Å². The molecule has 0 bridgehead atoms. The van der Waals surface area contributed by atoms with E-state index in [-0.39, 0.29) is 5.41 Å². The fraction of sp³-hybridized carbons (Fsp3) is 0.500. The van der Waals surface area contributed by atoms with Crippen LogP contribution in [0.3, 0.4) is 0 Å². The minimum Gasteiger partial charge on any atom is -0.489 e. The van der Waals surface area contributed by atoms with Crippen molar-refractivity contribution in [1.82, 2.24) is 0 Å². The molecule has 0 N–H and O–H groups in total. The van der Waals surface area contributed by atoms with Gasteiger partial charge < -0.3 is 4.74 Å². The van der Waals surface area contributed by atoms with Crippen molar-refractivity contribution in [2.24, 2.45) is 5.92 Å². The molecule has 25 heavy (non-hydrogen) atoms. The standard InChI is InChI=1S/C24H32O/c1-18-5-9-20(10-6-18)21-11-15-23(16-12-21)25-17-19-7-13-22(14-8-19)24(2,3)4/h7-8,11-16,18,20H,5-6,9-10,17H2,1-4H3. The molecule has 0 aromatic heterocycles. The Morgan fingerprint density at radius 1 is 0.840 bits per heavy atom. The van der Waals surface area contributed by atoms with E-state index in [1.165, 1.54) is 42.4 Å². The molecular weight excluding hydrogens is 304 g/mol. The Morgan fingerprint density at radius 3 is 2.00 bits per heavy atom. The van der Waals surface area contributed by atoms with Gasteiger partial charge >= 0.3 is 0 Å². The maximum absolute atomic E-state index is 5.98. The van der Waals surface area contributed by atoms with Crippen molar-refractivity contribution in [3.05, 3.63) is 65.2 Å². The zero-order chi connectivity index (χ0) is 17.9. The van der Waals surface area contributed by atoms with E-state index in [0.717, 1.165) is 17.6 Å². The molecular formula is C24H32O. The van der Waals surface area contributed by atoms with E-state index in [1.807, 2.05) is 0 Å². The van der Waals surface area contributed by atoms with Gasteiger partial charge in [0, 0.05) is 0 Å². The van der Waals surface area contributed by atoms with Crippen LogP contribution in [0.4, 0.5) is 0 Å². The minimum atomic E-state index is 0.201. The molecule has 0 unspecified atom stereocenters. The van der Waals surface area contributed by atoms with Gasteiger partial charge in [-0.2, -0.15) is 0 Å². The SMILES string of the molecule is CC1CCC(c2ccc(OCc3ccc(C(C)(C)C)cc3)cc2)CC1. The summed E-state index contributed by atoms with van der Waals surface area (Å²) in [5.74, 6) is 2.62. The Hall–Kier alpha value is -1.76. The second-order valence-electron chi connectivity index (χ2n) is 8.76. The van der Waals surface area contributed by atoms with Crippen molar-refractivity contribution < 1.29 is 4.74 Å². The largest absolute Gasteiger partial charge is 0.489 e. The first-order valence-electron chi connectivity index (χ1n) is 9.74. The molecule has 1 aliphatic rings. The maximum atomic E-state index is 5.98. The van der Waals surface area contributed by atoms with Gasteiger partial charge in [0.2, 0.25) is 0 Å². The molecule has 1 fully saturated rings. The fourth-order valence-corrected chi connectivity index (χ4v) is 3.70. The highest BCUT2D eigenvalue weighted by molar-refractivity contribution is 5.31. The Kier molecular flexibility index (Phi) is 5.51. The summed E-state index contributed by atoms with van der Waals surface area (Å²) < 4.78 is 5.98. The van der Waals surface area contributed by atoms with Crippen molar-refractivity contribution in [3.8, 4) is 5.75 Å². The number of hydrogen-bond donors (Lipinski definition) is 0. The molecule has 0 saturated heterocycles. The maximum Gasteiger partial charge on any atom is 0.119 e. The van der Waals surface area contributed by atoms with Crippen molar-refractivity contribution in [2.75, 3.05) is 0 Å². The van der Waals surface area contributed by atoms with Crippen molar-refractivity contribution in [3.63, 3.8) is 0 Å². The van der Waals surface area contributed by atoms with Gasteiger partial charge in [-0.3, -0.25) is 0 Å². The highest BCUT2D eigenvalue weighted by Gasteiger charge is 2.19. The van der Waals surface area contributed by atoms with Crippen LogP contribution < -0.4 is 4.74 Å². The molecule has 1 saturated carbocycles. The molecule has 134 valence electrons. The Labute approximate surface area is 153 Å². The topological polar surface area (TPSA) is 9.23 Å². The van der Waals surface area contributed by atoms with Gasteiger partial charge in [-0.15, -0.1) is 0 Å². The summed E-state index contributed by atoms with van der Waals surface area (Å²) in [5, 5.41) is 0. The number of benzene rings is 2. The third kappa shape index (κ3) is 4.87. The minimum absolute atomic E-state index is 0.201. The van der Waals surface area contributed by atoms with E-state index in [4.69, 9.17) is 4.74 Å². The van der Waals surface area contributed by atoms with Crippen molar-refractivity contribution in [2.45, 2.75) is 71.3 Å². The van der Waals surface area contributed by atoms with Crippen LogP contribution in [0.2, 0.25) is 0 Å². The van der Waals surface area contributed by atoms with Gasteiger partial charge in [-0.1, -0.05) is 76.9 Å². The number of ether oxygens (including phenoxy) is 1. The second-order valence-corrected chi connectivity index (χ2v) is 8.76. The highest BCUT2D eigenvalue weighted by atomic mass is 16.5. The molecule has 0 aliphatic heterocycles. The lowest BCUT2D eigenvalue weighted by Gasteiger charge is -2.26. The average molecular weight is 337 g/mol. The van der Waals surface area contributed by atoms with Crippen LogP contribution in [-0.4, -0.2) is 0 Å². The molecule has 1 aliphatic carbocycles. The molecule has 0 amide bonds. The van der Waals surface area contributed by atoms with Crippen LogP contribution in [-0.2, 0) is 12.0 Å². The molecule has 2 aromatic carbocycles. The van der Waals surface area contributed by atoms with E-state index in [1.54, 1.807) is 0 Å². The average Bonchev–Trinajstić information content (AvgIpc) is 2.61. The zero-order valence-electron chi connectivity index (χ0n) is 16.2. The summed E-state index contributed by atoms with van der Waals surface area (Å²) in [6.07, 6.45) is 5.41. The summed E-state index contributed by atoms with van der Waals surface area (Å²) in [5.41, 5.74) is 4.26. The van der Waals surface area contributed by atoms with Gasteiger partial charge in [0.15, 0.2) is 0 Å². The summed E-state index contributed by atoms with van der Waals surface area (Å²) in [7, 11) is 0. The molecule has 3 rings (SSSR count). The summed E-state index contributed by atoms with van der Waals surface area (Å²) in [6.45, 7) is 9.74. The predicted octanol–water partition coefficient (Wildman–Crippen LogP) is 6.86. The predicted molar refractivity (Wildman–Crippen MR) is 106 cm³/mol. The monoisotopic (exact) mass is 336 g/mol. The molecule has 1 heteroatoms. The van der Waals surface area contributed by atoms with Gasteiger partial charge in [0.05, 0.1) is 0 Å². The van der Waals surface area contributed by atoms with E-state index in [0.29, 0.717) is 6.61 Å². The smallest absolute Gasteiger partial charge is 0.119 e. The van der Waals surface area contributed by atoms with Crippen LogP contribution in [0.5, 0.6) is 5.75 Å². The second kappa shape index (κ2) is 7.64. The first kappa shape index (κ1) is 18.0. The molecule has 1 nitrogen and oxygen atoms in total. The lowest BCUT2D eigenvalue weighted by molar-refractivity contribution is 0.305. The Balaban J connectivity index is 1.55. The fourth-order valence-electron chi connectivity index (χ4n) is 3.70. The van der Waals surface area contributed by atoms with Gasteiger partial charge in [-0.05, 0) is 58.9 Å². The van der Waals surface area contributed by atoms with Crippen LogP contribution in [0.1, 0.15) is 76.0 Å². The highest BCUT2D eigenvalue weighted by Crippen LogP contribution is 2.36. The lowest BCUT2D eigenvalue weighted by atomic mass is 9.79. The Bertz CT molecular complexity index is 653. The van der Waals surface area contributed by atoms with E-state index >= 15 is 0 Å². The molecule has 0 atom stereocenters. The van der Waals surface area contributed by atoms with Crippen LogP contribution in [0, 0.1) is 5.92 Å². The third-order valence-corrected chi connectivity index (χ3v) is 5.59. The first-order chi connectivity index (χ1) is 11.9. The summed E-state index contributed by atoms with van der Waals surface area (Å²) >= 11 is 0. The Morgan fingerprint density at radius 2 is 1.44 bits per heavy atom. The lowest BCUT2D eigenvalue weighted by Crippen LogP contribution is -2.11. The first-order valence-corrected chi connectivity index (χ1v) is 9.74. The quantitative estimate of drug-likeness (QED) is 0.593. The molecule has 0 radical (unpaired) electrons. The van der Waals surface area contributed by atoms with Crippen LogP contribution in [0.15, 0.2) is 48.5 Å². The summed E-state index contributed by atoms with van der Waals surface area (Å²) in [6, 6.07) is 17.6. The zero-order valence-corrected chi connectivity index (χ0v) is 16.2.